The number of thiazole rings is 1. The fourth-order valence-electron chi connectivity index (χ4n) is 2.88. The van der Waals surface area contributed by atoms with Gasteiger partial charge in [0.1, 0.15) is 0 Å². The van der Waals surface area contributed by atoms with Gasteiger partial charge >= 0.3 is 0 Å². The molecule has 0 bridgehead atoms. The Morgan fingerprint density at radius 1 is 1.57 bits per heavy atom. The van der Waals surface area contributed by atoms with Crippen molar-refractivity contribution in [3.63, 3.8) is 0 Å². The van der Waals surface area contributed by atoms with Gasteiger partial charge in [-0.15, -0.1) is 11.3 Å². The third-order valence-corrected chi connectivity index (χ3v) is 5.35. The minimum Gasteiger partial charge on any atom is -0.348 e. The maximum absolute atomic E-state index is 12.2. The summed E-state index contributed by atoms with van der Waals surface area (Å²) in [4.78, 5) is 16.7. The molecule has 1 saturated heterocycles. The Labute approximate surface area is 131 Å². The normalized spacial score (nSPS) is 21.8. The highest BCUT2D eigenvalue weighted by atomic mass is 32.1. The van der Waals surface area contributed by atoms with Gasteiger partial charge in [-0.05, 0) is 51.1 Å². The van der Waals surface area contributed by atoms with Crippen LogP contribution in [0.4, 0.5) is 0 Å². The number of nitrogens with one attached hydrogen (secondary N) is 2. The smallest absolute Gasteiger partial charge is 0.220 e. The van der Waals surface area contributed by atoms with Gasteiger partial charge in [0, 0.05) is 11.8 Å². The monoisotopic (exact) mass is 309 g/mol. The fourth-order valence-corrected chi connectivity index (χ4v) is 3.72. The summed E-state index contributed by atoms with van der Waals surface area (Å²) in [5, 5.41) is 9.70. The molecule has 0 aliphatic carbocycles. The van der Waals surface area contributed by atoms with E-state index in [0.717, 1.165) is 30.2 Å². The van der Waals surface area contributed by atoms with Crippen molar-refractivity contribution in [2.75, 3.05) is 13.1 Å². The van der Waals surface area contributed by atoms with E-state index in [1.807, 2.05) is 6.92 Å². The van der Waals surface area contributed by atoms with Crippen molar-refractivity contribution in [1.82, 2.24) is 15.6 Å². The van der Waals surface area contributed by atoms with Gasteiger partial charge < -0.3 is 10.6 Å². The van der Waals surface area contributed by atoms with E-state index >= 15 is 0 Å². The number of nitrogens with zero attached hydrogens (tertiary/aromatic N) is 1. The van der Waals surface area contributed by atoms with Crippen LogP contribution in [-0.4, -0.2) is 24.0 Å². The van der Waals surface area contributed by atoms with Gasteiger partial charge in [-0.1, -0.05) is 13.8 Å². The summed E-state index contributed by atoms with van der Waals surface area (Å²) >= 11 is 1.67. The lowest BCUT2D eigenvalue weighted by Crippen LogP contribution is -2.36. The molecule has 1 amide bonds. The molecule has 1 aromatic rings. The van der Waals surface area contributed by atoms with E-state index in [0.29, 0.717) is 18.3 Å². The quantitative estimate of drug-likeness (QED) is 0.849. The van der Waals surface area contributed by atoms with Crippen molar-refractivity contribution in [3.05, 3.63) is 16.1 Å². The Morgan fingerprint density at radius 2 is 2.38 bits per heavy atom. The second kappa shape index (κ2) is 7.90. The average molecular weight is 309 g/mol. The maximum atomic E-state index is 12.2. The lowest BCUT2D eigenvalue weighted by molar-refractivity contribution is -0.123. The third-order valence-electron chi connectivity index (χ3n) is 4.34. The van der Waals surface area contributed by atoms with Crippen molar-refractivity contribution >= 4 is 17.2 Å². The number of aryl methyl sites for hydroxylation is 1. The Morgan fingerprint density at radius 3 is 3.00 bits per heavy atom. The first-order valence-corrected chi connectivity index (χ1v) is 8.92. The second-order valence-electron chi connectivity index (χ2n) is 6.10. The molecule has 1 aromatic heterocycles. The predicted molar refractivity (Wildman–Crippen MR) is 87.4 cm³/mol. The van der Waals surface area contributed by atoms with Gasteiger partial charge in [-0.3, -0.25) is 4.79 Å². The molecule has 1 aliphatic rings. The predicted octanol–water partition coefficient (Wildman–Crippen LogP) is 2.91. The van der Waals surface area contributed by atoms with Crippen molar-refractivity contribution in [2.45, 2.75) is 52.5 Å². The maximum Gasteiger partial charge on any atom is 0.220 e. The zero-order valence-electron chi connectivity index (χ0n) is 13.3. The summed E-state index contributed by atoms with van der Waals surface area (Å²) in [6, 6.07) is 0.00531. The van der Waals surface area contributed by atoms with Crippen molar-refractivity contribution in [2.24, 2.45) is 11.8 Å². The molecule has 21 heavy (non-hydrogen) atoms. The van der Waals surface area contributed by atoms with Crippen LogP contribution < -0.4 is 10.6 Å². The van der Waals surface area contributed by atoms with Gasteiger partial charge in [-0.25, -0.2) is 4.98 Å². The Hall–Kier alpha value is -0.940. The van der Waals surface area contributed by atoms with E-state index < -0.39 is 0 Å². The van der Waals surface area contributed by atoms with Gasteiger partial charge in [-0.2, -0.15) is 0 Å². The summed E-state index contributed by atoms with van der Waals surface area (Å²) < 4.78 is 0. The second-order valence-corrected chi connectivity index (χ2v) is 7.04. The number of hydrogen-bond acceptors (Lipinski definition) is 4. The molecule has 0 radical (unpaired) electrons. The van der Waals surface area contributed by atoms with Crippen LogP contribution in [0.15, 0.2) is 5.38 Å². The highest BCUT2D eigenvalue weighted by Crippen LogP contribution is 2.23. The first-order chi connectivity index (χ1) is 10.1. The fraction of sp³-hybridized carbons (Fsp3) is 0.750. The molecule has 3 unspecified atom stereocenters. The van der Waals surface area contributed by atoms with Crippen molar-refractivity contribution in [1.29, 1.82) is 0 Å². The molecular weight excluding hydrogens is 282 g/mol. The number of hydrogen-bond donors (Lipinski definition) is 2. The molecule has 5 heteroatoms. The number of carbonyl (C=O) groups is 1. The SMILES string of the molecule is CCc1nc(C(C)NC(=O)CC(C)C2CCCNC2)cs1. The Balaban J connectivity index is 1.80. The van der Waals surface area contributed by atoms with E-state index in [-0.39, 0.29) is 11.9 Å². The van der Waals surface area contributed by atoms with Crippen LogP contribution in [0.5, 0.6) is 0 Å². The van der Waals surface area contributed by atoms with Crippen LogP contribution in [0.25, 0.3) is 0 Å². The van der Waals surface area contributed by atoms with Crippen molar-refractivity contribution in [3.8, 4) is 0 Å². The van der Waals surface area contributed by atoms with Gasteiger partial charge in [0.25, 0.3) is 0 Å². The van der Waals surface area contributed by atoms with E-state index in [9.17, 15) is 4.79 Å². The zero-order chi connectivity index (χ0) is 15.2. The highest BCUT2D eigenvalue weighted by molar-refractivity contribution is 7.09. The lowest BCUT2D eigenvalue weighted by Gasteiger charge is -2.28. The summed E-state index contributed by atoms with van der Waals surface area (Å²) in [5.74, 6) is 1.21. The molecule has 3 atom stereocenters. The molecular formula is C16H27N3OS. The van der Waals surface area contributed by atoms with Crippen LogP contribution in [0.3, 0.4) is 0 Å². The highest BCUT2D eigenvalue weighted by Gasteiger charge is 2.23. The Bertz CT molecular complexity index is 454. The molecule has 2 rings (SSSR count). The number of piperidine rings is 1. The molecule has 118 valence electrons. The summed E-state index contributed by atoms with van der Waals surface area (Å²) in [6.45, 7) is 8.48. The number of carbonyl (C=O) groups excluding carboxylic acids is 1. The molecule has 1 fully saturated rings. The first-order valence-electron chi connectivity index (χ1n) is 8.04. The zero-order valence-corrected chi connectivity index (χ0v) is 14.1. The molecule has 0 aromatic carbocycles. The summed E-state index contributed by atoms with van der Waals surface area (Å²) in [6.07, 6.45) is 4.03. The largest absolute Gasteiger partial charge is 0.348 e. The molecule has 0 spiro atoms. The molecule has 2 heterocycles. The topological polar surface area (TPSA) is 54.0 Å². The van der Waals surface area contributed by atoms with Crippen LogP contribution in [0.1, 0.15) is 56.8 Å². The van der Waals surface area contributed by atoms with Crippen LogP contribution in [-0.2, 0) is 11.2 Å². The van der Waals surface area contributed by atoms with Crippen LogP contribution in [0.2, 0.25) is 0 Å². The Kier molecular flexibility index (Phi) is 6.18. The lowest BCUT2D eigenvalue weighted by atomic mass is 9.85. The number of rotatable bonds is 6. The average Bonchev–Trinajstić information content (AvgIpc) is 2.97. The van der Waals surface area contributed by atoms with Gasteiger partial charge in [0.05, 0.1) is 16.7 Å². The number of amides is 1. The molecule has 1 aliphatic heterocycles. The summed E-state index contributed by atoms with van der Waals surface area (Å²) in [5.41, 5.74) is 0.984. The standard InChI is InChI=1S/C16H27N3OS/c1-4-16-19-14(10-21-16)12(3)18-15(20)8-11(2)13-6-5-7-17-9-13/h10-13,17H,4-9H2,1-3H3,(H,18,20). The van der Waals surface area contributed by atoms with E-state index in [1.54, 1.807) is 11.3 Å². The van der Waals surface area contributed by atoms with E-state index in [1.165, 1.54) is 12.8 Å². The summed E-state index contributed by atoms with van der Waals surface area (Å²) in [7, 11) is 0. The number of aromatic nitrogens is 1. The van der Waals surface area contributed by atoms with E-state index in [4.69, 9.17) is 0 Å². The third kappa shape index (κ3) is 4.78. The molecule has 2 N–H and O–H groups in total. The van der Waals surface area contributed by atoms with Gasteiger partial charge in [0.15, 0.2) is 0 Å². The first kappa shape index (κ1) is 16.4. The minimum absolute atomic E-state index is 0.00531. The van der Waals surface area contributed by atoms with Gasteiger partial charge in [0.2, 0.25) is 5.91 Å². The minimum atomic E-state index is 0.00531. The molecule has 0 saturated carbocycles. The molecule has 4 nitrogen and oxygen atoms in total. The van der Waals surface area contributed by atoms with Crippen LogP contribution >= 0.6 is 11.3 Å². The van der Waals surface area contributed by atoms with Crippen LogP contribution in [0, 0.1) is 11.8 Å². The van der Waals surface area contributed by atoms with Crippen molar-refractivity contribution < 1.29 is 4.79 Å². The van der Waals surface area contributed by atoms with E-state index in [2.05, 4.69) is 34.8 Å².